The fraction of sp³-hybridized carbons (Fsp3) is 0.300. The lowest BCUT2D eigenvalue weighted by molar-refractivity contribution is 0.272. The lowest BCUT2D eigenvalue weighted by Crippen LogP contribution is -2.42. The molecular formula is C20H20Cl2N2. The molecule has 1 saturated heterocycles. The van der Waals surface area contributed by atoms with E-state index in [1.807, 2.05) is 6.07 Å². The first-order valence-electron chi connectivity index (χ1n) is 8.38. The van der Waals surface area contributed by atoms with Crippen molar-refractivity contribution in [3.05, 3.63) is 70.3 Å². The highest BCUT2D eigenvalue weighted by Gasteiger charge is 2.35. The Morgan fingerprint density at radius 3 is 2.54 bits per heavy atom. The standard InChI is InChI=1S/C20H20Cl2N2/c21-17-6-5-16(13-18(17)22)20(8-10-23-11-9-20)14-24-12-7-15-3-1-2-4-19(15)24/h1-7,12-13,23H,8-11,14H2. The average molecular weight is 359 g/mol. The number of para-hydroxylation sites is 1. The first-order valence-corrected chi connectivity index (χ1v) is 9.14. The molecule has 3 aromatic rings. The summed E-state index contributed by atoms with van der Waals surface area (Å²) in [5.74, 6) is 0. The lowest BCUT2D eigenvalue weighted by Gasteiger charge is -2.39. The van der Waals surface area contributed by atoms with Crippen LogP contribution in [0.3, 0.4) is 0 Å². The Kier molecular flexibility index (Phi) is 4.29. The van der Waals surface area contributed by atoms with Gasteiger partial charge in [0, 0.05) is 23.7 Å². The molecule has 24 heavy (non-hydrogen) atoms. The van der Waals surface area contributed by atoms with Crippen molar-refractivity contribution in [2.75, 3.05) is 13.1 Å². The van der Waals surface area contributed by atoms with Gasteiger partial charge in [-0.3, -0.25) is 0 Å². The van der Waals surface area contributed by atoms with E-state index in [0.29, 0.717) is 10.0 Å². The molecule has 1 aliphatic rings. The van der Waals surface area contributed by atoms with Crippen molar-refractivity contribution in [1.82, 2.24) is 9.88 Å². The van der Waals surface area contributed by atoms with E-state index < -0.39 is 0 Å². The minimum Gasteiger partial charge on any atom is -0.347 e. The van der Waals surface area contributed by atoms with E-state index in [0.717, 1.165) is 32.5 Å². The highest BCUT2D eigenvalue weighted by Crippen LogP contribution is 2.38. The third-order valence-electron chi connectivity index (χ3n) is 5.25. The van der Waals surface area contributed by atoms with Gasteiger partial charge in [0.15, 0.2) is 0 Å². The maximum atomic E-state index is 6.32. The maximum Gasteiger partial charge on any atom is 0.0595 e. The zero-order valence-corrected chi connectivity index (χ0v) is 14.9. The second-order valence-electron chi connectivity index (χ2n) is 6.66. The van der Waals surface area contributed by atoms with Crippen LogP contribution in [0.1, 0.15) is 18.4 Å². The molecule has 2 heterocycles. The molecular weight excluding hydrogens is 339 g/mol. The molecule has 1 aliphatic heterocycles. The minimum absolute atomic E-state index is 0.0846. The molecule has 0 atom stereocenters. The van der Waals surface area contributed by atoms with Gasteiger partial charge in [0.1, 0.15) is 0 Å². The lowest BCUT2D eigenvalue weighted by atomic mass is 9.73. The number of hydrogen-bond donors (Lipinski definition) is 1. The van der Waals surface area contributed by atoms with E-state index >= 15 is 0 Å². The van der Waals surface area contributed by atoms with Gasteiger partial charge in [-0.2, -0.15) is 0 Å². The van der Waals surface area contributed by atoms with Crippen molar-refractivity contribution in [3.8, 4) is 0 Å². The number of benzene rings is 2. The first kappa shape index (κ1) is 16.0. The van der Waals surface area contributed by atoms with Gasteiger partial charge < -0.3 is 9.88 Å². The van der Waals surface area contributed by atoms with Crippen LogP contribution in [-0.2, 0) is 12.0 Å². The van der Waals surface area contributed by atoms with Crippen LogP contribution >= 0.6 is 23.2 Å². The summed E-state index contributed by atoms with van der Waals surface area (Å²) in [6.07, 6.45) is 4.39. The molecule has 2 nitrogen and oxygen atoms in total. The summed E-state index contributed by atoms with van der Waals surface area (Å²) >= 11 is 12.5. The molecule has 0 unspecified atom stereocenters. The van der Waals surface area contributed by atoms with Crippen LogP contribution in [0.15, 0.2) is 54.7 Å². The van der Waals surface area contributed by atoms with Crippen LogP contribution in [0.25, 0.3) is 10.9 Å². The van der Waals surface area contributed by atoms with E-state index in [1.54, 1.807) is 0 Å². The summed E-state index contributed by atoms with van der Waals surface area (Å²) in [7, 11) is 0. The summed E-state index contributed by atoms with van der Waals surface area (Å²) in [6, 6.07) is 16.9. The van der Waals surface area contributed by atoms with E-state index in [1.165, 1.54) is 16.5 Å². The van der Waals surface area contributed by atoms with Gasteiger partial charge in [0.2, 0.25) is 0 Å². The number of halogens is 2. The van der Waals surface area contributed by atoms with E-state index in [4.69, 9.17) is 23.2 Å². The molecule has 1 aromatic heterocycles. The van der Waals surface area contributed by atoms with Crippen molar-refractivity contribution in [2.45, 2.75) is 24.8 Å². The van der Waals surface area contributed by atoms with E-state index in [2.05, 4.69) is 58.5 Å². The number of piperidine rings is 1. The van der Waals surface area contributed by atoms with Crippen molar-refractivity contribution in [3.63, 3.8) is 0 Å². The minimum atomic E-state index is 0.0846. The van der Waals surface area contributed by atoms with Crippen LogP contribution in [0.4, 0.5) is 0 Å². The Morgan fingerprint density at radius 1 is 0.958 bits per heavy atom. The predicted octanol–water partition coefficient (Wildman–Crippen LogP) is 5.27. The molecule has 0 saturated carbocycles. The summed E-state index contributed by atoms with van der Waals surface area (Å²) in [4.78, 5) is 0. The Morgan fingerprint density at radius 2 is 1.75 bits per heavy atom. The van der Waals surface area contributed by atoms with Crippen LogP contribution < -0.4 is 5.32 Å². The Labute approximate surface area is 152 Å². The van der Waals surface area contributed by atoms with Gasteiger partial charge >= 0.3 is 0 Å². The summed E-state index contributed by atoms with van der Waals surface area (Å²) in [5.41, 5.74) is 2.66. The molecule has 0 bridgehead atoms. The molecule has 4 heteroatoms. The molecule has 0 amide bonds. The quantitative estimate of drug-likeness (QED) is 0.674. The van der Waals surface area contributed by atoms with Crippen molar-refractivity contribution < 1.29 is 0 Å². The number of nitrogens with zero attached hydrogens (tertiary/aromatic N) is 1. The SMILES string of the molecule is Clc1ccc(C2(Cn3ccc4ccccc43)CCNCC2)cc1Cl. The number of fused-ring (bicyclic) bond motifs is 1. The average Bonchev–Trinajstić information content (AvgIpc) is 3.01. The summed E-state index contributed by atoms with van der Waals surface area (Å²) < 4.78 is 2.38. The Hall–Kier alpha value is -1.48. The second-order valence-corrected chi connectivity index (χ2v) is 7.48. The Bertz CT molecular complexity index is 863. The monoisotopic (exact) mass is 358 g/mol. The molecule has 0 radical (unpaired) electrons. The van der Waals surface area contributed by atoms with Crippen molar-refractivity contribution >= 4 is 34.1 Å². The third-order valence-corrected chi connectivity index (χ3v) is 5.98. The Balaban J connectivity index is 1.77. The zero-order valence-electron chi connectivity index (χ0n) is 13.4. The van der Waals surface area contributed by atoms with E-state index in [9.17, 15) is 0 Å². The molecule has 0 aliphatic carbocycles. The second kappa shape index (κ2) is 6.44. The molecule has 124 valence electrons. The van der Waals surface area contributed by atoms with Crippen LogP contribution in [0.2, 0.25) is 10.0 Å². The van der Waals surface area contributed by atoms with Gasteiger partial charge in [0.05, 0.1) is 10.0 Å². The fourth-order valence-electron chi connectivity index (χ4n) is 3.87. The number of aromatic nitrogens is 1. The van der Waals surface area contributed by atoms with Gasteiger partial charge in [-0.15, -0.1) is 0 Å². The van der Waals surface area contributed by atoms with Crippen LogP contribution in [0, 0.1) is 0 Å². The van der Waals surface area contributed by atoms with Gasteiger partial charge in [-0.1, -0.05) is 47.5 Å². The fourth-order valence-corrected chi connectivity index (χ4v) is 4.17. The third kappa shape index (κ3) is 2.83. The molecule has 0 spiro atoms. The van der Waals surface area contributed by atoms with Crippen LogP contribution in [0.5, 0.6) is 0 Å². The topological polar surface area (TPSA) is 17.0 Å². The van der Waals surface area contributed by atoms with Crippen molar-refractivity contribution in [2.24, 2.45) is 0 Å². The number of hydrogen-bond acceptors (Lipinski definition) is 1. The smallest absolute Gasteiger partial charge is 0.0595 e. The molecule has 2 aromatic carbocycles. The molecule has 1 fully saturated rings. The summed E-state index contributed by atoms with van der Waals surface area (Å²) in [6.45, 7) is 3.01. The predicted molar refractivity (Wildman–Crippen MR) is 102 cm³/mol. The number of nitrogens with one attached hydrogen (secondary N) is 1. The van der Waals surface area contributed by atoms with Gasteiger partial charge in [0.25, 0.3) is 0 Å². The van der Waals surface area contributed by atoms with Crippen LogP contribution in [-0.4, -0.2) is 17.7 Å². The number of rotatable bonds is 3. The highest BCUT2D eigenvalue weighted by molar-refractivity contribution is 6.42. The zero-order chi connectivity index (χ0) is 16.6. The van der Waals surface area contributed by atoms with Gasteiger partial charge in [-0.25, -0.2) is 0 Å². The van der Waals surface area contributed by atoms with Crippen molar-refractivity contribution in [1.29, 1.82) is 0 Å². The normalized spacial score (nSPS) is 17.2. The maximum absolute atomic E-state index is 6.32. The largest absolute Gasteiger partial charge is 0.347 e. The highest BCUT2D eigenvalue weighted by atomic mass is 35.5. The first-order chi connectivity index (χ1) is 11.7. The summed E-state index contributed by atoms with van der Waals surface area (Å²) in [5, 5.41) is 6.04. The molecule has 4 rings (SSSR count). The van der Waals surface area contributed by atoms with E-state index in [-0.39, 0.29) is 5.41 Å². The van der Waals surface area contributed by atoms with Gasteiger partial charge in [-0.05, 0) is 61.1 Å². The molecule has 1 N–H and O–H groups in total.